The lowest BCUT2D eigenvalue weighted by Gasteiger charge is -2.09. The Morgan fingerprint density at radius 3 is 1.88 bits per heavy atom. The van der Waals surface area contributed by atoms with Gasteiger partial charge in [-0.1, -0.05) is 68.8 Å². The second-order valence-electron chi connectivity index (χ2n) is 6.39. The maximum absolute atomic E-state index is 14.3. The van der Waals surface area contributed by atoms with Gasteiger partial charge in [0.05, 0.1) is 0 Å². The Morgan fingerprint density at radius 2 is 1.27 bits per heavy atom. The summed E-state index contributed by atoms with van der Waals surface area (Å²) in [5, 5.41) is 0. The quantitative estimate of drug-likeness (QED) is 0.465. The standard InChI is InChI=1S/C23H21F3/c1-3-5-18-10-11-19(14-21(18)24)16-6-8-17(9-7-16)20-13-12-15(4-2)22(25)23(20)26/h6-14H,3-5H2,1-2H3. The molecular formula is C23H21F3. The van der Waals surface area contributed by atoms with E-state index in [0.717, 1.165) is 17.5 Å². The maximum Gasteiger partial charge on any atom is 0.166 e. The Bertz CT molecular complexity index is 911. The van der Waals surface area contributed by atoms with E-state index in [9.17, 15) is 13.2 Å². The lowest BCUT2D eigenvalue weighted by molar-refractivity contribution is 0.502. The van der Waals surface area contributed by atoms with E-state index >= 15 is 0 Å². The molecule has 0 nitrogen and oxygen atoms in total. The lowest BCUT2D eigenvalue weighted by atomic mass is 9.97. The molecule has 3 aromatic carbocycles. The van der Waals surface area contributed by atoms with Crippen molar-refractivity contribution in [3.05, 3.63) is 83.2 Å². The topological polar surface area (TPSA) is 0 Å². The predicted octanol–water partition coefficient (Wildman–Crippen LogP) is 6.95. The van der Waals surface area contributed by atoms with E-state index in [1.54, 1.807) is 49.4 Å². The van der Waals surface area contributed by atoms with Crippen molar-refractivity contribution in [3.63, 3.8) is 0 Å². The number of hydrogen-bond donors (Lipinski definition) is 0. The van der Waals surface area contributed by atoms with Gasteiger partial charge in [0.2, 0.25) is 0 Å². The molecule has 134 valence electrons. The third-order valence-corrected chi connectivity index (χ3v) is 4.64. The van der Waals surface area contributed by atoms with Crippen LogP contribution in [0.2, 0.25) is 0 Å². The molecule has 0 amide bonds. The molecule has 26 heavy (non-hydrogen) atoms. The Kier molecular flexibility index (Phi) is 5.46. The van der Waals surface area contributed by atoms with Gasteiger partial charge in [0.1, 0.15) is 5.82 Å². The van der Waals surface area contributed by atoms with Crippen LogP contribution in [-0.4, -0.2) is 0 Å². The number of hydrogen-bond acceptors (Lipinski definition) is 0. The molecule has 0 spiro atoms. The molecule has 3 heteroatoms. The van der Waals surface area contributed by atoms with Crippen LogP contribution in [0, 0.1) is 17.5 Å². The summed E-state index contributed by atoms with van der Waals surface area (Å²) in [5.74, 6) is -1.83. The average Bonchev–Trinajstić information content (AvgIpc) is 2.66. The van der Waals surface area contributed by atoms with Gasteiger partial charge in [-0.3, -0.25) is 0 Å². The summed E-state index contributed by atoms with van der Waals surface area (Å²) in [7, 11) is 0. The maximum atomic E-state index is 14.3. The van der Waals surface area contributed by atoms with Crippen molar-refractivity contribution < 1.29 is 13.2 Å². The molecule has 0 radical (unpaired) electrons. The molecular weight excluding hydrogens is 333 g/mol. The average molecular weight is 354 g/mol. The van der Waals surface area contributed by atoms with E-state index in [4.69, 9.17) is 0 Å². The third-order valence-electron chi connectivity index (χ3n) is 4.64. The first-order valence-electron chi connectivity index (χ1n) is 8.91. The van der Waals surface area contributed by atoms with Crippen LogP contribution >= 0.6 is 0 Å². The van der Waals surface area contributed by atoms with Crippen molar-refractivity contribution in [3.8, 4) is 22.3 Å². The first-order valence-corrected chi connectivity index (χ1v) is 8.91. The first kappa shape index (κ1) is 18.2. The van der Waals surface area contributed by atoms with Crippen molar-refractivity contribution in [1.82, 2.24) is 0 Å². The fourth-order valence-corrected chi connectivity index (χ4v) is 3.13. The van der Waals surface area contributed by atoms with E-state index in [-0.39, 0.29) is 11.4 Å². The molecule has 0 aliphatic rings. The number of rotatable bonds is 5. The summed E-state index contributed by atoms with van der Waals surface area (Å²) in [6.07, 6.45) is 2.05. The molecule has 0 heterocycles. The van der Waals surface area contributed by atoms with Crippen LogP contribution in [0.25, 0.3) is 22.3 Å². The van der Waals surface area contributed by atoms with Gasteiger partial charge in [-0.05, 0) is 46.7 Å². The van der Waals surface area contributed by atoms with Gasteiger partial charge in [0.15, 0.2) is 11.6 Å². The summed E-state index contributed by atoms with van der Waals surface area (Å²) in [4.78, 5) is 0. The Morgan fingerprint density at radius 1 is 0.654 bits per heavy atom. The van der Waals surface area contributed by atoms with Gasteiger partial charge in [-0.25, -0.2) is 13.2 Å². The number of aryl methyl sites for hydroxylation is 2. The molecule has 3 aromatic rings. The van der Waals surface area contributed by atoms with Crippen molar-refractivity contribution in [1.29, 1.82) is 0 Å². The van der Waals surface area contributed by atoms with Gasteiger partial charge in [-0.2, -0.15) is 0 Å². The van der Waals surface area contributed by atoms with E-state index in [1.165, 1.54) is 6.07 Å². The van der Waals surface area contributed by atoms with Gasteiger partial charge < -0.3 is 0 Å². The predicted molar refractivity (Wildman–Crippen MR) is 101 cm³/mol. The largest absolute Gasteiger partial charge is 0.207 e. The Hall–Kier alpha value is -2.55. The first-order chi connectivity index (χ1) is 12.5. The molecule has 0 aliphatic carbocycles. The lowest BCUT2D eigenvalue weighted by Crippen LogP contribution is -1.96. The van der Waals surface area contributed by atoms with Crippen LogP contribution in [0.5, 0.6) is 0 Å². The van der Waals surface area contributed by atoms with Crippen LogP contribution in [-0.2, 0) is 12.8 Å². The molecule has 0 aliphatic heterocycles. The Labute approximate surface area is 152 Å². The molecule has 0 saturated heterocycles. The van der Waals surface area contributed by atoms with E-state index in [1.807, 2.05) is 13.0 Å². The van der Waals surface area contributed by atoms with Gasteiger partial charge >= 0.3 is 0 Å². The molecule has 0 bridgehead atoms. The van der Waals surface area contributed by atoms with Crippen LogP contribution in [0.4, 0.5) is 13.2 Å². The molecule has 0 saturated carbocycles. The van der Waals surface area contributed by atoms with Gasteiger partial charge in [-0.15, -0.1) is 0 Å². The highest BCUT2D eigenvalue weighted by Gasteiger charge is 2.14. The summed E-state index contributed by atoms with van der Waals surface area (Å²) in [6, 6.07) is 15.5. The second kappa shape index (κ2) is 7.77. The highest BCUT2D eigenvalue weighted by Crippen LogP contribution is 2.29. The normalized spacial score (nSPS) is 11.0. The van der Waals surface area contributed by atoms with Crippen LogP contribution in [0.15, 0.2) is 54.6 Å². The van der Waals surface area contributed by atoms with E-state index in [0.29, 0.717) is 29.5 Å². The monoisotopic (exact) mass is 354 g/mol. The summed E-state index contributed by atoms with van der Waals surface area (Å²) in [6.45, 7) is 3.80. The van der Waals surface area contributed by atoms with Crippen LogP contribution < -0.4 is 0 Å². The second-order valence-corrected chi connectivity index (χ2v) is 6.39. The minimum atomic E-state index is -0.827. The van der Waals surface area contributed by atoms with Crippen molar-refractivity contribution in [2.24, 2.45) is 0 Å². The molecule has 0 fully saturated rings. The van der Waals surface area contributed by atoms with Crippen LogP contribution in [0.1, 0.15) is 31.4 Å². The van der Waals surface area contributed by atoms with E-state index in [2.05, 4.69) is 0 Å². The third kappa shape index (κ3) is 3.52. The Balaban J connectivity index is 1.92. The zero-order valence-electron chi connectivity index (χ0n) is 15.0. The minimum absolute atomic E-state index is 0.211. The molecule has 0 unspecified atom stereocenters. The zero-order valence-corrected chi connectivity index (χ0v) is 15.0. The zero-order chi connectivity index (χ0) is 18.7. The highest BCUT2D eigenvalue weighted by atomic mass is 19.2. The summed E-state index contributed by atoms with van der Waals surface area (Å²) >= 11 is 0. The molecule has 0 aromatic heterocycles. The molecule has 3 rings (SSSR count). The van der Waals surface area contributed by atoms with Crippen molar-refractivity contribution in [2.45, 2.75) is 33.1 Å². The van der Waals surface area contributed by atoms with E-state index < -0.39 is 11.6 Å². The number of halogens is 3. The SMILES string of the molecule is CCCc1ccc(-c2ccc(-c3ccc(CC)c(F)c3F)cc2)cc1F. The minimum Gasteiger partial charge on any atom is -0.207 e. The summed E-state index contributed by atoms with van der Waals surface area (Å²) in [5.41, 5.74) is 3.50. The smallest absolute Gasteiger partial charge is 0.166 e. The number of benzene rings is 3. The van der Waals surface area contributed by atoms with Gasteiger partial charge in [0.25, 0.3) is 0 Å². The molecule has 0 N–H and O–H groups in total. The summed E-state index contributed by atoms with van der Waals surface area (Å²) < 4.78 is 42.5. The fourth-order valence-electron chi connectivity index (χ4n) is 3.13. The van der Waals surface area contributed by atoms with Crippen molar-refractivity contribution in [2.75, 3.05) is 0 Å². The fraction of sp³-hybridized carbons (Fsp3) is 0.217. The van der Waals surface area contributed by atoms with Crippen LogP contribution in [0.3, 0.4) is 0 Å². The van der Waals surface area contributed by atoms with Gasteiger partial charge in [0, 0.05) is 5.56 Å². The van der Waals surface area contributed by atoms with Crippen molar-refractivity contribution >= 4 is 0 Å². The molecule has 0 atom stereocenters. The highest BCUT2D eigenvalue weighted by molar-refractivity contribution is 5.71.